The SMILES string of the molecule is CCCCCCCCCCCCCCCCOC(=O)C(NC(=O)c1ccco1)C(C)C. The van der Waals surface area contributed by atoms with Crippen LogP contribution in [0.3, 0.4) is 0 Å². The van der Waals surface area contributed by atoms with Crippen molar-refractivity contribution in [3.63, 3.8) is 0 Å². The Hall–Kier alpha value is -1.78. The molecule has 0 aromatic carbocycles. The Morgan fingerprint density at radius 2 is 1.39 bits per heavy atom. The number of ether oxygens (including phenoxy) is 1. The van der Waals surface area contributed by atoms with E-state index in [1.807, 2.05) is 13.8 Å². The summed E-state index contributed by atoms with van der Waals surface area (Å²) in [4.78, 5) is 24.5. The molecule has 0 fully saturated rings. The Balaban J connectivity index is 2.00. The van der Waals surface area contributed by atoms with E-state index in [2.05, 4.69) is 12.2 Å². The van der Waals surface area contributed by atoms with Gasteiger partial charge in [-0.2, -0.15) is 0 Å². The molecule has 0 spiro atoms. The van der Waals surface area contributed by atoms with Gasteiger partial charge in [-0.1, -0.05) is 104 Å². The van der Waals surface area contributed by atoms with Crippen molar-refractivity contribution in [2.75, 3.05) is 6.61 Å². The van der Waals surface area contributed by atoms with Crippen molar-refractivity contribution in [2.45, 2.75) is 117 Å². The third-order valence-corrected chi connectivity index (χ3v) is 5.69. The fraction of sp³-hybridized carbons (Fsp3) is 0.769. The molecule has 5 nitrogen and oxygen atoms in total. The van der Waals surface area contributed by atoms with Gasteiger partial charge in [0, 0.05) is 0 Å². The minimum absolute atomic E-state index is 0.0530. The highest BCUT2D eigenvalue weighted by molar-refractivity contribution is 5.94. The highest BCUT2D eigenvalue weighted by atomic mass is 16.5. The lowest BCUT2D eigenvalue weighted by Crippen LogP contribution is -2.45. The van der Waals surface area contributed by atoms with Gasteiger partial charge in [-0.15, -0.1) is 0 Å². The zero-order valence-corrected chi connectivity index (χ0v) is 20.1. The van der Waals surface area contributed by atoms with Crippen LogP contribution in [0.5, 0.6) is 0 Å². The molecule has 1 amide bonds. The van der Waals surface area contributed by atoms with Gasteiger partial charge in [-0.05, 0) is 24.5 Å². The van der Waals surface area contributed by atoms with Gasteiger partial charge in [0.05, 0.1) is 12.9 Å². The molecule has 0 saturated carbocycles. The molecular formula is C26H45NO4. The maximum atomic E-state index is 12.4. The van der Waals surface area contributed by atoms with E-state index in [0.717, 1.165) is 12.8 Å². The first-order valence-electron chi connectivity index (χ1n) is 12.6. The second-order valence-corrected chi connectivity index (χ2v) is 8.94. The van der Waals surface area contributed by atoms with E-state index >= 15 is 0 Å². The van der Waals surface area contributed by atoms with Crippen LogP contribution in [0, 0.1) is 5.92 Å². The molecule has 1 heterocycles. The molecule has 0 saturated heterocycles. The van der Waals surface area contributed by atoms with Gasteiger partial charge >= 0.3 is 5.97 Å². The van der Waals surface area contributed by atoms with Gasteiger partial charge in [0.15, 0.2) is 5.76 Å². The summed E-state index contributed by atoms with van der Waals surface area (Å²) in [6.07, 6.45) is 19.6. The van der Waals surface area contributed by atoms with Gasteiger partial charge in [0.1, 0.15) is 6.04 Å². The third-order valence-electron chi connectivity index (χ3n) is 5.69. The van der Waals surface area contributed by atoms with Crippen molar-refractivity contribution in [1.82, 2.24) is 5.32 Å². The maximum Gasteiger partial charge on any atom is 0.328 e. The summed E-state index contributed by atoms with van der Waals surface area (Å²) < 4.78 is 10.5. The van der Waals surface area contributed by atoms with Crippen molar-refractivity contribution in [3.05, 3.63) is 24.2 Å². The monoisotopic (exact) mass is 435 g/mol. The van der Waals surface area contributed by atoms with Crippen LogP contribution >= 0.6 is 0 Å². The fourth-order valence-corrected chi connectivity index (χ4v) is 3.68. The van der Waals surface area contributed by atoms with Crippen molar-refractivity contribution in [2.24, 2.45) is 5.92 Å². The van der Waals surface area contributed by atoms with E-state index in [1.54, 1.807) is 12.1 Å². The smallest absolute Gasteiger partial charge is 0.328 e. The first-order chi connectivity index (χ1) is 15.1. The number of carbonyl (C=O) groups excluding carboxylic acids is 2. The van der Waals surface area contributed by atoms with E-state index < -0.39 is 11.9 Å². The molecule has 1 atom stereocenters. The first kappa shape index (κ1) is 27.3. The summed E-state index contributed by atoms with van der Waals surface area (Å²) in [7, 11) is 0. The van der Waals surface area contributed by atoms with E-state index in [9.17, 15) is 9.59 Å². The lowest BCUT2D eigenvalue weighted by molar-refractivity contribution is -0.147. The molecule has 1 unspecified atom stereocenters. The van der Waals surface area contributed by atoms with E-state index in [4.69, 9.17) is 9.15 Å². The molecular weight excluding hydrogens is 390 g/mol. The largest absolute Gasteiger partial charge is 0.464 e. The summed E-state index contributed by atoms with van der Waals surface area (Å²) in [5.41, 5.74) is 0. The highest BCUT2D eigenvalue weighted by Crippen LogP contribution is 2.13. The topological polar surface area (TPSA) is 68.5 Å². The second-order valence-electron chi connectivity index (χ2n) is 8.94. The molecule has 0 aliphatic heterocycles. The van der Waals surface area contributed by atoms with Crippen LogP contribution in [0.25, 0.3) is 0 Å². The minimum Gasteiger partial charge on any atom is -0.464 e. The number of rotatable bonds is 19. The molecule has 0 bridgehead atoms. The average Bonchev–Trinajstić information content (AvgIpc) is 3.29. The Morgan fingerprint density at radius 1 is 0.871 bits per heavy atom. The maximum absolute atomic E-state index is 12.4. The standard InChI is InChI=1S/C26H45NO4/c1-4-5-6-7-8-9-10-11-12-13-14-15-16-17-20-31-26(29)24(22(2)3)27-25(28)23-19-18-21-30-23/h18-19,21-22,24H,4-17,20H2,1-3H3,(H,27,28). The van der Waals surface area contributed by atoms with Crippen LogP contribution in [0.4, 0.5) is 0 Å². The lowest BCUT2D eigenvalue weighted by atomic mass is 10.0. The third kappa shape index (κ3) is 13.3. The second kappa shape index (κ2) is 17.9. The summed E-state index contributed by atoms with van der Waals surface area (Å²) >= 11 is 0. The normalized spacial score (nSPS) is 12.1. The Labute approximate surface area is 189 Å². The Kier molecular flexibility index (Phi) is 15.7. The number of hydrogen-bond donors (Lipinski definition) is 1. The molecule has 1 aromatic heterocycles. The van der Waals surface area contributed by atoms with Crippen LogP contribution in [0.15, 0.2) is 22.8 Å². The number of nitrogens with one attached hydrogen (secondary N) is 1. The molecule has 0 aliphatic rings. The Morgan fingerprint density at radius 3 is 1.84 bits per heavy atom. The quantitative estimate of drug-likeness (QED) is 0.186. The zero-order chi connectivity index (χ0) is 22.7. The average molecular weight is 436 g/mol. The number of esters is 1. The van der Waals surface area contributed by atoms with E-state index in [1.165, 1.54) is 83.3 Å². The van der Waals surface area contributed by atoms with Crippen molar-refractivity contribution < 1.29 is 18.7 Å². The molecule has 5 heteroatoms. The number of amides is 1. The van der Waals surface area contributed by atoms with Gasteiger partial charge in [-0.25, -0.2) is 4.79 Å². The zero-order valence-electron chi connectivity index (χ0n) is 20.1. The van der Waals surface area contributed by atoms with Crippen molar-refractivity contribution >= 4 is 11.9 Å². The summed E-state index contributed by atoms with van der Waals surface area (Å²) in [6.45, 7) is 6.46. The van der Waals surface area contributed by atoms with Crippen molar-refractivity contribution in [1.29, 1.82) is 0 Å². The molecule has 31 heavy (non-hydrogen) atoms. The van der Waals surface area contributed by atoms with Crippen LogP contribution in [0.1, 0.15) is 121 Å². The van der Waals surface area contributed by atoms with Crippen LogP contribution < -0.4 is 5.32 Å². The lowest BCUT2D eigenvalue weighted by Gasteiger charge is -2.20. The van der Waals surface area contributed by atoms with Crippen LogP contribution in [0.2, 0.25) is 0 Å². The fourth-order valence-electron chi connectivity index (χ4n) is 3.68. The highest BCUT2D eigenvalue weighted by Gasteiger charge is 2.26. The van der Waals surface area contributed by atoms with Crippen LogP contribution in [-0.2, 0) is 9.53 Å². The summed E-state index contributed by atoms with van der Waals surface area (Å²) in [6, 6.07) is 2.56. The van der Waals surface area contributed by atoms with Gasteiger partial charge in [0.25, 0.3) is 5.91 Å². The molecule has 0 aliphatic carbocycles. The Bertz CT molecular complexity index is 568. The predicted molar refractivity (Wildman–Crippen MR) is 126 cm³/mol. The van der Waals surface area contributed by atoms with Gasteiger partial charge in [-0.3, -0.25) is 4.79 Å². The number of hydrogen-bond acceptors (Lipinski definition) is 4. The van der Waals surface area contributed by atoms with Gasteiger partial charge in [0.2, 0.25) is 0 Å². The molecule has 1 aromatic rings. The van der Waals surface area contributed by atoms with Crippen LogP contribution in [-0.4, -0.2) is 24.5 Å². The van der Waals surface area contributed by atoms with E-state index in [0.29, 0.717) is 6.61 Å². The van der Waals surface area contributed by atoms with E-state index in [-0.39, 0.29) is 17.6 Å². The number of unbranched alkanes of at least 4 members (excludes halogenated alkanes) is 13. The summed E-state index contributed by atoms with van der Waals surface area (Å²) in [5, 5.41) is 2.71. The number of furan rings is 1. The molecule has 178 valence electrons. The van der Waals surface area contributed by atoms with Crippen molar-refractivity contribution in [3.8, 4) is 0 Å². The number of carbonyl (C=O) groups is 2. The molecule has 0 radical (unpaired) electrons. The molecule has 1 N–H and O–H groups in total. The first-order valence-corrected chi connectivity index (χ1v) is 12.6. The molecule has 1 rings (SSSR count). The summed E-state index contributed by atoms with van der Waals surface area (Å²) in [5.74, 6) is -0.616. The predicted octanol–water partition coefficient (Wildman–Crippen LogP) is 7.06. The minimum atomic E-state index is -0.663. The van der Waals surface area contributed by atoms with Gasteiger partial charge < -0.3 is 14.5 Å².